The summed E-state index contributed by atoms with van der Waals surface area (Å²) in [5, 5.41) is 2.93. The topological polar surface area (TPSA) is 29.1 Å². The number of carbonyl (C=O) groups is 1. The molecule has 0 rings (SSSR count). The van der Waals surface area contributed by atoms with Gasteiger partial charge in [0.25, 0.3) is 0 Å². The van der Waals surface area contributed by atoms with Crippen LogP contribution in [0.5, 0.6) is 0 Å². The van der Waals surface area contributed by atoms with Gasteiger partial charge in [-0.3, -0.25) is 4.79 Å². The van der Waals surface area contributed by atoms with Crippen molar-refractivity contribution in [2.24, 2.45) is 5.92 Å². The standard InChI is InChI=1S/C17H28O.C5H12.C3H9N.C2H6/c1-6-9-11-16(10-7-2)13-12-15(5)17(18)14(4)8-3;1-3-5-4-2;1-3-4-2;1-2/h7,10,12-14H,6,8-9,11H2,1-5H3;3-5H2,1-2H3;4H,3H2,1-2H3;1-2H3/b10-7-,15-12+,16-13+;;;. The van der Waals surface area contributed by atoms with Crippen LogP contribution >= 0.6 is 0 Å². The van der Waals surface area contributed by atoms with E-state index in [1.165, 1.54) is 37.7 Å². The van der Waals surface area contributed by atoms with Crippen molar-refractivity contribution >= 4 is 5.78 Å². The van der Waals surface area contributed by atoms with E-state index in [-0.39, 0.29) is 11.7 Å². The number of hydrogen-bond acceptors (Lipinski definition) is 2. The van der Waals surface area contributed by atoms with E-state index in [1.807, 2.05) is 47.7 Å². The number of rotatable bonds is 11. The largest absolute Gasteiger partial charge is 0.320 e. The van der Waals surface area contributed by atoms with Crippen LogP contribution in [0.4, 0.5) is 0 Å². The van der Waals surface area contributed by atoms with Crippen molar-refractivity contribution in [2.45, 2.75) is 114 Å². The second kappa shape index (κ2) is 31.5. The zero-order chi connectivity index (χ0) is 23.5. The molecule has 1 atom stereocenters. The van der Waals surface area contributed by atoms with Gasteiger partial charge in [0.15, 0.2) is 5.78 Å². The number of allylic oxidation sites excluding steroid dienone is 6. The molecular weight excluding hydrogens is 354 g/mol. The summed E-state index contributed by atoms with van der Waals surface area (Å²) in [6.07, 6.45) is 16.7. The first-order chi connectivity index (χ1) is 13.9. The molecule has 0 aromatic carbocycles. The Bertz CT molecular complexity index is 401. The summed E-state index contributed by atoms with van der Waals surface area (Å²) < 4.78 is 0. The van der Waals surface area contributed by atoms with Gasteiger partial charge in [-0.1, -0.05) is 105 Å². The Kier molecular flexibility index (Phi) is 38.4. The Morgan fingerprint density at radius 3 is 1.72 bits per heavy atom. The Balaban J connectivity index is -0.000000234. The van der Waals surface area contributed by atoms with Crippen molar-refractivity contribution in [3.05, 3.63) is 35.5 Å². The molecule has 0 aliphatic rings. The number of ketones is 1. The highest BCUT2D eigenvalue weighted by molar-refractivity contribution is 5.96. The van der Waals surface area contributed by atoms with Crippen LogP contribution in [0.3, 0.4) is 0 Å². The molecule has 0 aromatic heterocycles. The fourth-order valence-electron chi connectivity index (χ4n) is 2.06. The predicted octanol–water partition coefficient (Wildman–Crippen LogP) is 8.69. The van der Waals surface area contributed by atoms with Crippen molar-refractivity contribution in [2.75, 3.05) is 13.6 Å². The maximum atomic E-state index is 11.9. The number of Topliss-reactive ketones (excluding diaryl/α,β-unsaturated/α-hetero) is 1. The highest BCUT2D eigenvalue weighted by atomic mass is 16.1. The quantitative estimate of drug-likeness (QED) is 0.273. The van der Waals surface area contributed by atoms with Gasteiger partial charge in [0, 0.05) is 5.92 Å². The van der Waals surface area contributed by atoms with Gasteiger partial charge in [0.2, 0.25) is 0 Å². The van der Waals surface area contributed by atoms with Gasteiger partial charge in [-0.15, -0.1) is 0 Å². The van der Waals surface area contributed by atoms with Gasteiger partial charge >= 0.3 is 0 Å². The highest BCUT2D eigenvalue weighted by Crippen LogP contribution is 2.13. The lowest BCUT2D eigenvalue weighted by Gasteiger charge is -2.07. The molecule has 0 aliphatic heterocycles. The number of nitrogens with one attached hydrogen (secondary N) is 1. The van der Waals surface area contributed by atoms with Gasteiger partial charge < -0.3 is 5.32 Å². The zero-order valence-electron chi connectivity index (χ0n) is 22.0. The van der Waals surface area contributed by atoms with Crippen LogP contribution in [0.15, 0.2) is 35.5 Å². The molecule has 0 saturated carbocycles. The molecule has 0 fully saturated rings. The lowest BCUT2D eigenvalue weighted by atomic mass is 9.97. The van der Waals surface area contributed by atoms with E-state index in [1.54, 1.807) is 0 Å². The van der Waals surface area contributed by atoms with E-state index >= 15 is 0 Å². The summed E-state index contributed by atoms with van der Waals surface area (Å²) in [6.45, 7) is 21.7. The second-order valence-corrected chi connectivity index (χ2v) is 6.93. The summed E-state index contributed by atoms with van der Waals surface area (Å²) in [4.78, 5) is 11.9. The van der Waals surface area contributed by atoms with E-state index < -0.39 is 0 Å². The fraction of sp³-hybridized carbons (Fsp3) is 0.741. The number of carbonyl (C=O) groups excluding carboxylic acids is 1. The molecule has 0 aromatic rings. The first-order valence-electron chi connectivity index (χ1n) is 12.1. The molecule has 0 radical (unpaired) electrons. The summed E-state index contributed by atoms with van der Waals surface area (Å²) in [7, 11) is 1.93. The molecule has 29 heavy (non-hydrogen) atoms. The van der Waals surface area contributed by atoms with Crippen LogP contribution in [0, 0.1) is 5.92 Å². The second-order valence-electron chi connectivity index (χ2n) is 6.93. The third-order valence-electron chi connectivity index (χ3n) is 4.26. The van der Waals surface area contributed by atoms with E-state index in [9.17, 15) is 4.79 Å². The van der Waals surface area contributed by atoms with Crippen LogP contribution in [0.25, 0.3) is 0 Å². The van der Waals surface area contributed by atoms with Gasteiger partial charge in [-0.2, -0.15) is 0 Å². The molecule has 1 N–H and O–H groups in total. The molecule has 0 amide bonds. The summed E-state index contributed by atoms with van der Waals surface area (Å²) in [5.41, 5.74) is 2.17. The molecule has 2 nitrogen and oxygen atoms in total. The first kappa shape index (κ1) is 35.3. The molecule has 0 spiro atoms. The molecule has 0 saturated heterocycles. The maximum absolute atomic E-state index is 11.9. The van der Waals surface area contributed by atoms with E-state index in [0.29, 0.717) is 0 Å². The zero-order valence-corrected chi connectivity index (χ0v) is 22.0. The minimum atomic E-state index is 0.135. The van der Waals surface area contributed by atoms with Crippen LogP contribution < -0.4 is 5.32 Å². The third kappa shape index (κ3) is 29.1. The highest BCUT2D eigenvalue weighted by Gasteiger charge is 2.11. The van der Waals surface area contributed by atoms with Gasteiger partial charge in [0.1, 0.15) is 0 Å². The van der Waals surface area contributed by atoms with Gasteiger partial charge in [-0.25, -0.2) is 0 Å². The molecule has 2 heteroatoms. The van der Waals surface area contributed by atoms with E-state index in [0.717, 1.165) is 25.0 Å². The molecule has 0 heterocycles. The third-order valence-corrected chi connectivity index (χ3v) is 4.26. The smallest absolute Gasteiger partial charge is 0.161 e. The average molecular weight is 410 g/mol. The van der Waals surface area contributed by atoms with Crippen molar-refractivity contribution in [3.8, 4) is 0 Å². The van der Waals surface area contributed by atoms with Crippen molar-refractivity contribution in [3.63, 3.8) is 0 Å². The lowest BCUT2D eigenvalue weighted by Crippen LogP contribution is -2.10. The SMILES string of the molecule is CC.CCCCC.CCNC.C\C=C/C(=C\C=C(/C)C(=O)C(C)CC)CCCC. The summed E-state index contributed by atoms with van der Waals surface area (Å²) in [6, 6.07) is 0. The van der Waals surface area contributed by atoms with Gasteiger partial charge in [-0.05, 0) is 57.8 Å². The Hall–Kier alpha value is -1.15. The minimum Gasteiger partial charge on any atom is -0.320 e. The lowest BCUT2D eigenvalue weighted by molar-refractivity contribution is -0.118. The molecule has 1 unspecified atom stereocenters. The maximum Gasteiger partial charge on any atom is 0.161 e. The Morgan fingerprint density at radius 2 is 1.41 bits per heavy atom. The van der Waals surface area contributed by atoms with Crippen LogP contribution in [-0.4, -0.2) is 19.4 Å². The molecule has 0 bridgehead atoms. The van der Waals surface area contributed by atoms with Gasteiger partial charge in [0.05, 0.1) is 0 Å². The summed E-state index contributed by atoms with van der Waals surface area (Å²) >= 11 is 0. The predicted molar refractivity (Wildman–Crippen MR) is 137 cm³/mol. The van der Waals surface area contributed by atoms with Crippen LogP contribution in [-0.2, 0) is 4.79 Å². The molecule has 0 aliphatic carbocycles. The van der Waals surface area contributed by atoms with Crippen molar-refractivity contribution < 1.29 is 4.79 Å². The monoisotopic (exact) mass is 409 g/mol. The van der Waals surface area contributed by atoms with Crippen LogP contribution in [0.1, 0.15) is 114 Å². The van der Waals surface area contributed by atoms with Crippen LogP contribution in [0.2, 0.25) is 0 Å². The van der Waals surface area contributed by atoms with Crippen molar-refractivity contribution in [1.29, 1.82) is 0 Å². The minimum absolute atomic E-state index is 0.135. The Labute approximate surface area is 185 Å². The van der Waals surface area contributed by atoms with Crippen molar-refractivity contribution in [1.82, 2.24) is 5.32 Å². The average Bonchev–Trinajstić information content (AvgIpc) is 2.76. The molecular formula is C27H55NO. The number of unbranched alkanes of at least 4 members (excludes halogenated alkanes) is 3. The number of hydrogen-bond donors (Lipinski definition) is 1. The van der Waals surface area contributed by atoms with E-state index in [4.69, 9.17) is 0 Å². The normalized spacial score (nSPS) is 12.1. The first-order valence-corrected chi connectivity index (χ1v) is 12.1. The molecule has 174 valence electrons. The fourth-order valence-corrected chi connectivity index (χ4v) is 2.06. The Morgan fingerprint density at radius 1 is 0.931 bits per heavy atom. The summed E-state index contributed by atoms with van der Waals surface area (Å²) in [5.74, 6) is 0.402. The van der Waals surface area contributed by atoms with E-state index in [2.05, 4.69) is 58.2 Å².